The van der Waals surface area contributed by atoms with Gasteiger partial charge in [0.05, 0.1) is 0 Å². The molecule has 0 atom stereocenters. The first-order chi connectivity index (χ1) is 13.2. The molecule has 0 aliphatic carbocycles. The summed E-state index contributed by atoms with van der Waals surface area (Å²) in [6.45, 7) is 11.7. The first kappa shape index (κ1) is 23.4. The molecule has 1 fully saturated rings. The molecule has 0 amide bonds. The van der Waals surface area contributed by atoms with Crippen LogP contribution in [0.1, 0.15) is 64.5 Å². The van der Waals surface area contributed by atoms with E-state index in [2.05, 4.69) is 51.1 Å². The Morgan fingerprint density at radius 1 is 1.14 bits per heavy atom. The maximum Gasteiger partial charge on any atom is 0.191 e. The predicted molar refractivity (Wildman–Crippen MR) is 126 cm³/mol. The van der Waals surface area contributed by atoms with E-state index >= 15 is 0 Å². The number of halogens is 1. The van der Waals surface area contributed by atoms with Crippen LogP contribution in [0.25, 0.3) is 0 Å². The highest BCUT2D eigenvalue weighted by atomic mass is 127. The van der Waals surface area contributed by atoms with E-state index in [1.54, 1.807) is 0 Å². The van der Waals surface area contributed by atoms with Gasteiger partial charge in [-0.2, -0.15) is 0 Å². The van der Waals surface area contributed by atoms with Gasteiger partial charge in [0.25, 0.3) is 0 Å². The first-order valence-electron chi connectivity index (χ1n) is 10.9. The summed E-state index contributed by atoms with van der Waals surface area (Å²) in [6.07, 6.45) is 8.05. The third kappa shape index (κ3) is 6.57. The van der Waals surface area contributed by atoms with Gasteiger partial charge in [-0.15, -0.1) is 34.2 Å². The Kier molecular flexibility index (Phi) is 9.98. The molecule has 1 saturated heterocycles. The first-order valence-corrected chi connectivity index (χ1v) is 10.9. The fraction of sp³-hybridized carbons (Fsp3) is 0.850. The predicted octanol–water partition coefficient (Wildman–Crippen LogP) is 2.59. The molecule has 3 heterocycles. The number of aryl methyl sites for hydroxylation is 1. The number of likely N-dealkylation sites (tertiary alicyclic amines) is 1. The van der Waals surface area contributed by atoms with E-state index in [-0.39, 0.29) is 24.0 Å². The molecule has 8 heteroatoms. The van der Waals surface area contributed by atoms with Gasteiger partial charge < -0.3 is 20.1 Å². The van der Waals surface area contributed by atoms with Crippen LogP contribution >= 0.6 is 24.0 Å². The highest BCUT2D eigenvalue weighted by Crippen LogP contribution is 2.15. The van der Waals surface area contributed by atoms with Gasteiger partial charge >= 0.3 is 0 Å². The molecule has 0 unspecified atom stereocenters. The van der Waals surface area contributed by atoms with E-state index in [1.165, 1.54) is 45.2 Å². The lowest BCUT2D eigenvalue weighted by Crippen LogP contribution is -2.49. The molecule has 2 aliphatic heterocycles. The van der Waals surface area contributed by atoms with Crippen LogP contribution in [0.15, 0.2) is 4.99 Å². The van der Waals surface area contributed by atoms with Crippen molar-refractivity contribution in [1.82, 2.24) is 30.3 Å². The van der Waals surface area contributed by atoms with Gasteiger partial charge in [0.1, 0.15) is 11.6 Å². The Balaban J connectivity index is 0.00000280. The van der Waals surface area contributed by atoms with E-state index in [0.717, 1.165) is 50.1 Å². The average Bonchev–Trinajstić information content (AvgIpc) is 2.89. The molecule has 2 aliphatic rings. The van der Waals surface area contributed by atoms with Gasteiger partial charge in [-0.1, -0.05) is 6.42 Å². The Labute approximate surface area is 187 Å². The van der Waals surface area contributed by atoms with Gasteiger partial charge in [-0.25, -0.2) is 0 Å². The molecular formula is C20H38IN7. The molecule has 0 bridgehead atoms. The van der Waals surface area contributed by atoms with Crippen LogP contribution in [0.4, 0.5) is 0 Å². The molecule has 1 aromatic heterocycles. The molecule has 160 valence electrons. The van der Waals surface area contributed by atoms with E-state index in [9.17, 15) is 0 Å². The lowest BCUT2D eigenvalue weighted by Gasteiger charge is -2.35. The summed E-state index contributed by atoms with van der Waals surface area (Å²) in [4.78, 5) is 7.36. The SMILES string of the molecule is CCNC(=NCCc1nnc2n1CCCCC2)NC1CCN(C(C)C)CC1.I. The van der Waals surface area contributed by atoms with E-state index in [0.29, 0.717) is 12.1 Å². The number of aliphatic imine (C=N–C) groups is 1. The van der Waals surface area contributed by atoms with Gasteiger partial charge in [-0.05, 0) is 46.5 Å². The minimum Gasteiger partial charge on any atom is -0.357 e. The fourth-order valence-electron chi connectivity index (χ4n) is 4.07. The number of nitrogens with zero attached hydrogens (tertiary/aromatic N) is 5. The number of rotatable bonds is 6. The summed E-state index contributed by atoms with van der Waals surface area (Å²) in [5.74, 6) is 3.20. The van der Waals surface area contributed by atoms with Crippen molar-refractivity contribution in [3.8, 4) is 0 Å². The van der Waals surface area contributed by atoms with Crippen LogP contribution in [-0.4, -0.2) is 63.9 Å². The van der Waals surface area contributed by atoms with Crippen molar-refractivity contribution >= 4 is 29.9 Å². The summed E-state index contributed by atoms with van der Waals surface area (Å²) < 4.78 is 2.32. The standard InChI is InChI=1S/C20H37N7.HI/c1-4-21-20(23-17-10-14-26(15-11-17)16(2)3)22-12-9-19-25-24-18-8-6-5-7-13-27(18)19;/h16-17H,4-15H2,1-3H3,(H2,21,22,23);1H. The minimum absolute atomic E-state index is 0. The van der Waals surface area contributed by atoms with Crippen LogP contribution in [0.5, 0.6) is 0 Å². The zero-order valence-corrected chi connectivity index (χ0v) is 20.1. The summed E-state index contributed by atoms with van der Waals surface area (Å²) in [7, 11) is 0. The molecule has 0 saturated carbocycles. The number of hydrogen-bond donors (Lipinski definition) is 2. The number of guanidine groups is 1. The molecular weight excluding hydrogens is 465 g/mol. The average molecular weight is 503 g/mol. The third-order valence-corrected chi connectivity index (χ3v) is 5.74. The maximum atomic E-state index is 4.81. The Hall–Kier alpha value is -0.900. The van der Waals surface area contributed by atoms with Gasteiger partial charge in [-0.3, -0.25) is 4.99 Å². The molecule has 7 nitrogen and oxygen atoms in total. The molecule has 1 aromatic rings. The zero-order valence-electron chi connectivity index (χ0n) is 17.8. The van der Waals surface area contributed by atoms with E-state index in [1.807, 2.05) is 0 Å². The van der Waals surface area contributed by atoms with Crippen LogP contribution in [-0.2, 0) is 19.4 Å². The minimum atomic E-state index is 0. The number of aromatic nitrogens is 3. The van der Waals surface area contributed by atoms with Crippen molar-refractivity contribution in [3.63, 3.8) is 0 Å². The molecule has 2 N–H and O–H groups in total. The van der Waals surface area contributed by atoms with Gasteiger partial charge in [0.15, 0.2) is 5.96 Å². The number of hydrogen-bond acceptors (Lipinski definition) is 4. The summed E-state index contributed by atoms with van der Waals surface area (Å²) in [5.41, 5.74) is 0. The molecule has 28 heavy (non-hydrogen) atoms. The second-order valence-corrected chi connectivity index (χ2v) is 8.05. The number of fused-ring (bicyclic) bond motifs is 1. The third-order valence-electron chi connectivity index (χ3n) is 5.74. The van der Waals surface area contributed by atoms with E-state index < -0.39 is 0 Å². The Morgan fingerprint density at radius 2 is 1.93 bits per heavy atom. The molecule has 0 aromatic carbocycles. The van der Waals surface area contributed by atoms with Crippen molar-refractivity contribution in [2.45, 2.75) is 84.3 Å². The van der Waals surface area contributed by atoms with Crippen molar-refractivity contribution < 1.29 is 0 Å². The zero-order chi connectivity index (χ0) is 19.1. The van der Waals surface area contributed by atoms with Crippen LogP contribution in [0.2, 0.25) is 0 Å². The van der Waals surface area contributed by atoms with Gasteiger partial charge in [0.2, 0.25) is 0 Å². The molecule has 0 radical (unpaired) electrons. The normalized spacial score (nSPS) is 19.1. The van der Waals surface area contributed by atoms with Crippen molar-refractivity contribution in [2.24, 2.45) is 4.99 Å². The highest BCUT2D eigenvalue weighted by molar-refractivity contribution is 14.0. The molecule has 3 rings (SSSR count). The lowest BCUT2D eigenvalue weighted by molar-refractivity contribution is 0.167. The van der Waals surface area contributed by atoms with Crippen molar-refractivity contribution in [1.29, 1.82) is 0 Å². The van der Waals surface area contributed by atoms with Crippen LogP contribution in [0.3, 0.4) is 0 Å². The molecule has 0 spiro atoms. The Bertz CT molecular complexity index is 606. The smallest absolute Gasteiger partial charge is 0.191 e. The highest BCUT2D eigenvalue weighted by Gasteiger charge is 2.21. The topological polar surface area (TPSA) is 70.4 Å². The van der Waals surface area contributed by atoms with Crippen LogP contribution in [0, 0.1) is 0 Å². The van der Waals surface area contributed by atoms with Crippen molar-refractivity contribution in [2.75, 3.05) is 26.2 Å². The summed E-state index contributed by atoms with van der Waals surface area (Å²) in [6, 6.07) is 1.16. The summed E-state index contributed by atoms with van der Waals surface area (Å²) in [5, 5.41) is 15.9. The summed E-state index contributed by atoms with van der Waals surface area (Å²) >= 11 is 0. The van der Waals surface area contributed by atoms with Crippen molar-refractivity contribution in [3.05, 3.63) is 11.6 Å². The Morgan fingerprint density at radius 3 is 2.64 bits per heavy atom. The number of nitrogens with one attached hydrogen (secondary N) is 2. The largest absolute Gasteiger partial charge is 0.357 e. The second kappa shape index (κ2) is 11.9. The number of piperidine rings is 1. The quantitative estimate of drug-likeness (QED) is 0.355. The van der Waals surface area contributed by atoms with Crippen LogP contribution < -0.4 is 10.6 Å². The van der Waals surface area contributed by atoms with Gasteiger partial charge in [0, 0.05) is 57.6 Å². The lowest BCUT2D eigenvalue weighted by atomic mass is 10.0. The maximum absolute atomic E-state index is 4.81. The monoisotopic (exact) mass is 503 g/mol. The van der Waals surface area contributed by atoms with E-state index in [4.69, 9.17) is 4.99 Å². The second-order valence-electron chi connectivity index (χ2n) is 8.05. The fourth-order valence-corrected chi connectivity index (χ4v) is 4.07.